The molecule has 2 N–H and O–H groups in total. The minimum absolute atomic E-state index is 0.202. The Hall–Kier alpha value is -2.33. The van der Waals surface area contributed by atoms with E-state index in [4.69, 9.17) is 5.73 Å². The molecule has 4 heteroatoms. The van der Waals surface area contributed by atoms with Crippen LogP contribution in [0.3, 0.4) is 0 Å². The molecule has 1 atom stereocenters. The quantitative estimate of drug-likeness (QED) is 0.739. The monoisotopic (exact) mass is 236 g/mol. The molecular formula is C14H12N4. The molecule has 0 bridgehead atoms. The van der Waals surface area contributed by atoms with E-state index in [1.54, 1.807) is 18.6 Å². The molecule has 1 unspecified atom stereocenters. The second-order valence-corrected chi connectivity index (χ2v) is 4.11. The first-order valence-electron chi connectivity index (χ1n) is 5.71. The van der Waals surface area contributed by atoms with Crippen LogP contribution >= 0.6 is 0 Å². The number of aromatic nitrogens is 3. The van der Waals surface area contributed by atoms with Crippen LogP contribution in [-0.2, 0) is 0 Å². The lowest BCUT2D eigenvalue weighted by molar-refractivity contribution is 0.847. The van der Waals surface area contributed by atoms with Gasteiger partial charge in [-0.25, -0.2) is 0 Å². The van der Waals surface area contributed by atoms with Crippen molar-refractivity contribution in [1.29, 1.82) is 0 Å². The molecule has 0 aliphatic carbocycles. The summed E-state index contributed by atoms with van der Waals surface area (Å²) < 4.78 is 0. The van der Waals surface area contributed by atoms with E-state index in [1.165, 1.54) is 0 Å². The van der Waals surface area contributed by atoms with Crippen molar-refractivity contribution in [2.45, 2.75) is 6.04 Å². The molecule has 0 amide bonds. The van der Waals surface area contributed by atoms with Crippen molar-refractivity contribution < 1.29 is 0 Å². The second-order valence-electron chi connectivity index (χ2n) is 4.11. The van der Waals surface area contributed by atoms with E-state index in [0.717, 1.165) is 22.0 Å². The zero-order chi connectivity index (χ0) is 12.4. The maximum Gasteiger partial charge on any atom is 0.0705 e. The number of nitrogens with zero attached hydrogens (tertiary/aromatic N) is 3. The summed E-state index contributed by atoms with van der Waals surface area (Å²) >= 11 is 0. The number of hydrogen-bond acceptors (Lipinski definition) is 4. The van der Waals surface area contributed by atoms with Crippen LogP contribution in [0.1, 0.15) is 17.2 Å². The SMILES string of the molecule is NC(c1ccnnc1)c1ccc2cccnc2c1. The summed E-state index contributed by atoms with van der Waals surface area (Å²) in [5.74, 6) is 0. The molecule has 2 heterocycles. The predicted octanol–water partition coefficient (Wildman–Crippen LogP) is 2.07. The van der Waals surface area contributed by atoms with Crippen LogP contribution in [0.4, 0.5) is 0 Å². The van der Waals surface area contributed by atoms with Crippen molar-refractivity contribution in [3.8, 4) is 0 Å². The van der Waals surface area contributed by atoms with E-state index in [-0.39, 0.29) is 6.04 Å². The average molecular weight is 236 g/mol. The van der Waals surface area contributed by atoms with Crippen molar-refractivity contribution in [1.82, 2.24) is 15.2 Å². The van der Waals surface area contributed by atoms with Crippen LogP contribution in [0.25, 0.3) is 10.9 Å². The Kier molecular flexibility index (Phi) is 2.70. The smallest absolute Gasteiger partial charge is 0.0705 e. The van der Waals surface area contributed by atoms with Gasteiger partial charge in [0.15, 0.2) is 0 Å². The predicted molar refractivity (Wildman–Crippen MR) is 69.8 cm³/mol. The molecule has 0 fully saturated rings. The number of fused-ring (bicyclic) bond motifs is 1. The van der Waals surface area contributed by atoms with Gasteiger partial charge in [0.2, 0.25) is 0 Å². The van der Waals surface area contributed by atoms with Gasteiger partial charge in [-0.05, 0) is 29.3 Å². The summed E-state index contributed by atoms with van der Waals surface area (Å²) in [4.78, 5) is 4.33. The molecule has 2 aromatic heterocycles. The maximum atomic E-state index is 6.21. The molecule has 3 rings (SSSR count). The lowest BCUT2D eigenvalue weighted by Gasteiger charge is -2.12. The summed E-state index contributed by atoms with van der Waals surface area (Å²) in [5.41, 5.74) is 9.13. The van der Waals surface area contributed by atoms with Gasteiger partial charge in [0.05, 0.1) is 17.8 Å². The maximum absolute atomic E-state index is 6.21. The Morgan fingerprint density at radius 3 is 2.72 bits per heavy atom. The lowest BCUT2D eigenvalue weighted by atomic mass is 10.0. The Morgan fingerprint density at radius 1 is 0.944 bits per heavy atom. The second kappa shape index (κ2) is 4.50. The van der Waals surface area contributed by atoms with Crippen LogP contribution in [0.5, 0.6) is 0 Å². The number of hydrogen-bond donors (Lipinski definition) is 1. The van der Waals surface area contributed by atoms with Gasteiger partial charge in [0.1, 0.15) is 0 Å². The highest BCUT2D eigenvalue weighted by atomic mass is 15.1. The first-order valence-corrected chi connectivity index (χ1v) is 5.71. The minimum atomic E-state index is -0.202. The third kappa shape index (κ3) is 1.94. The molecule has 1 aromatic carbocycles. The van der Waals surface area contributed by atoms with Crippen LogP contribution in [0, 0.1) is 0 Å². The third-order valence-electron chi connectivity index (χ3n) is 2.96. The largest absolute Gasteiger partial charge is 0.320 e. The fourth-order valence-corrected chi connectivity index (χ4v) is 1.95. The molecule has 0 saturated carbocycles. The third-order valence-corrected chi connectivity index (χ3v) is 2.96. The first-order chi connectivity index (χ1) is 8.84. The summed E-state index contributed by atoms with van der Waals surface area (Å²) in [6.45, 7) is 0. The molecule has 0 saturated heterocycles. The molecule has 0 aliphatic heterocycles. The Morgan fingerprint density at radius 2 is 1.89 bits per heavy atom. The highest BCUT2D eigenvalue weighted by Gasteiger charge is 2.09. The fraction of sp³-hybridized carbons (Fsp3) is 0.0714. The first kappa shape index (κ1) is 10.8. The van der Waals surface area contributed by atoms with Crippen molar-refractivity contribution >= 4 is 10.9 Å². The molecule has 0 aliphatic rings. The molecule has 0 radical (unpaired) electrons. The van der Waals surface area contributed by atoms with Gasteiger partial charge >= 0.3 is 0 Å². The van der Waals surface area contributed by atoms with E-state index in [1.807, 2.05) is 36.4 Å². The van der Waals surface area contributed by atoms with Gasteiger partial charge in [0, 0.05) is 17.8 Å². The molecule has 18 heavy (non-hydrogen) atoms. The molecule has 0 spiro atoms. The van der Waals surface area contributed by atoms with E-state index in [2.05, 4.69) is 15.2 Å². The van der Waals surface area contributed by atoms with Crippen molar-refractivity contribution in [2.75, 3.05) is 0 Å². The van der Waals surface area contributed by atoms with E-state index in [9.17, 15) is 0 Å². The van der Waals surface area contributed by atoms with Gasteiger partial charge in [-0.2, -0.15) is 10.2 Å². The normalized spacial score (nSPS) is 12.5. The lowest BCUT2D eigenvalue weighted by Crippen LogP contribution is -2.12. The molecule has 4 nitrogen and oxygen atoms in total. The van der Waals surface area contributed by atoms with Gasteiger partial charge in [-0.3, -0.25) is 4.98 Å². The minimum Gasteiger partial charge on any atom is -0.320 e. The van der Waals surface area contributed by atoms with Crippen LogP contribution in [0.15, 0.2) is 55.0 Å². The van der Waals surface area contributed by atoms with Crippen LogP contribution in [0.2, 0.25) is 0 Å². The summed E-state index contributed by atoms with van der Waals surface area (Å²) in [5, 5.41) is 8.71. The van der Waals surface area contributed by atoms with Gasteiger partial charge in [-0.1, -0.05) is 18.2 Å². The highest BCUT2D eigenvalue weighted by molar-refractivity contribution is 5.79. The molecule has 3 aromatic rings. The van der Waals surface area contributed by atoms with E-state index >= 15 is 0 Å². The standard InChI is InChI=1S/C14H12N4/c15-14(12-5-7-17-18-9-12)11-4-3-10-2-1-6-16-13(10)8-11/h1-9,14H,15H2. The number of benzene rings is 1. The van der Waals surface area contributed by atoms with Crippen molar-refractivity contribution in [2.24, 2.45) is 5.73 Å². The Labute approximate surface area is 105 Å². The number of nitrogens with two attached hydrogens (primary N) is 1. The van der Waals surface area contributed by atoms with Crippen molar-refractivity contribution in [3.05, 3.63) is 66.1 Å². The summed E-state index contributed by atoms with van der Waals surface area (Å²) in [7, 11) is 0. The topological polar surface area (TPSA) is 64.7 Å². The number of rotatable bonds is 2. The zero-order valence-electron chi connectivity index (χ0n) is 9.69. The van der Waals surface area contributed by atoms with Crippen LogP contribution < -0.4 is 5.73 Å². The Bertz CT molecular complexity index is 667. The zero-order valence-corrected chi connectivity index (χ0v) is 9.69. The summed E-state index contributed by atoms with van der Waals surface area (Å²) in [6.07, 6.45) is 5.12. The highest BCUT2D eigenvalue weighted by Crippen LogP contribution is 2.21. The van der Waals surface area contributed by atoms with Gasteiger partial charge < -0.3 is 5.73 Å². The van der Waals surface area contributed by atoms with Gasteiger partial charge in [0.25, 0.3) is 0 Å². The molecular weight excluding hydrogens is 224 g/mol. The van der Waals surface area contributed by atoms with E-state index < -0.39 is 0 Å². The number of pyridine rings is 1. The van der Waals surface area contributed by atoms with Gasteiger partial charge in [-0.15, -0.1) is 0 Å². The van der Waals surface area contributed by atoms with Crippen molar-refractivity contribution in [3.63, 3.8) is 0 Å². The van der Waals surface area contributed by atoms with Crippen LogP contribution in [-0.4, -0.2) is 15.2 Å². The van der Waals surface area contributed by atoms with E-state index in [0.29, 0.717) is 0 Å². The molecule has 88 valence electrons. The average Bonchev–Trinajstić information content (AvgIpc) is 2.47. The fourth-order valence-electron chi connectivity index (χ4n) is 1.95. The summed E-state index contributed by atoms with van der Waals surface area (Å²) in [6, 6.07) is 11.7. The Balaban J connectivity index is 2.04.